The Balaban J connectivity index is 4.37. The molecule has 2 amide bonds. The molecule has 6 nitrogen and oxygen atoms in total. The van der Waals surface area contributed by atoms with Crippen molar-refractivity contribution in [3.63, 3.8) is 0 Å². The van der Waals surface area contributed by atoms with Gasteiger partial charge in [-0.05, 0) is 31.1 Å². The zero-order valence-corrected chi connectivity index (χ0v) is 33.5. The van der Waals surface area contributed by atoms with Gasteiger partial charge in [-0.3, -0.25) is 9.59 Å². The first kappa shape index (κ1) is 47.4. The molecule has 0 radical (unpaired) electrons. The zero-order chi connectivity index (χ0) is 36.6. The normalized spacial score (nSPS) is 12.9. The van der Waals surface area contributed by atoms with Gasteiger partial charge >= 0.3 is 5.97 Å². The topological polar surface area (TPSA) is 101 Å². The van der Waals surface area contributed by atoms with Gasteiger partial charge in [0.1, 0.15) is 5.54 Å². The lowest BCUT2D eigenvalue weighted by molar-refractivity contribution is -0.160. The third kappa shape index (κ3) is 27.8. The summed E-state index contributed by atoms with van der Waals surface area (Å²) in [5, 5.41) is 10.5. The first-order valence-corrected chi connectivity index (χ1v) is 21.3. The molecule has 0 spiro atoms. The minimum atomic E-state index is -1.36. The summed E-state index contributed by atoms with van der Waals surface area (Å²) in [6.45, 7) is 11.1. The number of hydrogen-bond donors (Lipinski definition) is 2. The van der Waals surface area contributed by atoms with Gasteiger partial charge in [-0.1, -0.05) is 201 Å². The van der Waals surface area contributed by atoms with Crippen LogP contribution in [0.15, 0.2) is 0 Å². The Hall–Kier alpha value is -1.59. The van der Waals surface area contributed by atoms with E-state index in [4.69, 9.17) is 5.73 Å². The monoisotopic (exact) mass is 693 g/mol. The van der Waals surface area contributed by atoms with E-state index in [1.165, 1.54) is 148 Å². The molecule has 0 aliphatic carbocycles. The second kappa shape index (κ2) is 32.3. The summed E-state index contributed by atoms with van der Waals surface area (Å²) in [7, 11) is 0. The van der Waals surface area contributed by atoms with Gasteiger partial charge in [0, 0.05) is 19.9 Å². The van der Waals surface area contributed by atoms with E-state index in [9.17, 15) is 19.5 Å². The number of carbonyl (C=O) groups is 3. The Kier molecular flexibility index (Phi) is 31.3. The second-order valence-corrected chi connectivity index (χ2v) is 16.3. The quantitative estimate of drug-likeness (QED) is 0.0633. The fraction of sp³-hybridized carbons (Fsp3) is 0.930. The number of hydrogen-bond acceptors (Lipinski definition) is 3. The highest BCUT2D eigenvalue weighted by molar-refractivity contribution is 5.87. The predicted octanol–water partition coefficient (Wildman–Crippen LogP) is 12.5. The van der Waals surface area contributed by atoms with Gasteiger partial charge in [0.2, 0.25) is 11.8 Å². The lowest BCUT2D eigenvalue weighted by Gasteiger charge is -2.40. The molecule has 0 aliphatic rings. The Morgan fingerprint density at radius 3 is 1.10 bits per heavy atom. The smallest absolute Gasteiger partial charge is 0.329 e. The van der Waals surface area contributed by atoms with Gasteiger partial charge < -0.3 is 15.7 Å². The van der Waals surface area contributed by atoms with E-state index in [1.807, 2.05) is 0 Å². The van der Waals surface area contributed by atoms with Crippen LogP contribution in [0.4, 0.5) is 0 Å². The fourth-order valence-corrected chi connectivity index (χ4v) is 7.41. The molecule has 0 rings (SSSR count). The molecule has 0 aliphatic heterocycles. The Labute approximate surface area is 304 Å². The van der Waals surface area contributed by atoms with Crippen LogP contribution in [-0.2, 0) is 14.4 Å². The number of nitrogens with zero attached hydrogens (tertiary/aromatic N) is 1. The number of carbonyl (C=O) groups excluding carboxylic acids is 2. The number of aliphatic carboxylic acids is 1. The zero-order valence-electron chi connectivity index (χ0n) is 33.5. The van der Waals surface area contributed by atoms with E-state index in [0.29, 0.717) is 13.0 Å². The molecule has 6 heteroatoms. The maximum absolute atomic E-state index is 12.9. The van der Waals surface area contributed by atoms with Crippen LogP contribution in [0.5, 0.6) is 0 Å². The van der Waals surface area contributed by atoms with Crippen LogP contribution in [0.1, 0.15) is 234 Å². The lowest BCUT2D eigenvalue weighted by Crippen LogP contribution is -2.57. The van der Waals surface area contributed by atoms with Crippen molar-refractivity contribution in [3.05, 3.63) is 0 Å². The number of rotatable bonds is 37. The van der Waals surface area contributed by atoms with Gasteiger partial charge in [-0.25, -0.2) is 4.79 Å². The van der Waals surface area contributed by atoms with E-state index in [1.54, 1.807) is 4.90 Å². The van der Waals surface area contributed by atoms with Crippen LogP contribution >= 0.6 is 0 Å². The van der Waals surface area contributed by atoms with Crippen LogP contribution in [-0.4, -0.2) is 39.9 Å². The molecule has 0 bridgehead atoms. The molecule has 0 aromatic heterocycles. The Morgan fingerprint density at radius 1 is 0.510 bits per heavy atom. The van der Waals surface area contributed by atoms with E-state index >= 15 is 0 Å². The third-order valence-corrected chi connectivity index (χ3v) is 10.6. The predicted molar refractivity (Wildman–Crippen MR) is 210 cm³/mol. The molecule has 3 N–H and O–H groups in total. The van der Waals surface area contributed by atoms with Crippen LogP contribution in [0.2, 0.25) is 0 Å². The third-order valence-electron chi connectivity index (χ3n) is 10.6. The highest BCUT2D eigenvalue weighted by atomic mass is 16.4. The number of unbranched alkanes of at least 4 members (excludes halogenated alkanes) is 24. The van der Waals surface area contributed by atoms with Crippen molar-refractivity contribution in [3.8, 4) is 0 Å². The standard InChI is InChI=1S/C43H84N2O4/c1-38(2)32-28-24-20-16-12-8-6-10-14-18-22-26-30-35-43(42(48)49,36-34-41(44)47)45(40(5)46)37-31-27-23-19-15-11-7-9-13-17-21-25-29-33-39(3)4/h38-39H,6-37H2,1-5H3,(H2,44,47)(H,48,49)/t43-/m0/s1. The second-order valence-electron chi connectivity index (χ2n) is 16.3. The van der Waals surface area contributed by atoms with Crippen LogP contribution in [0.25, 0.3) is 0 Å². The summed E-state index contributed by atoms with van der Waals surface area (Å²) in [6, 6.07) is 0. The lowest BCUT2D eigenvalue weighted by atomic mass is 9.84. The molecule has 49 heavy (non-hydrogen) atoms. The van der Waals surface area contributed by atoms with Crippen molar-refractivity contribution in [2.24, 2.45) is 17.6 Å². The van der Waals surface area contributed by atoms with E-state index in [-0.39, 0.29) is 18.7 Å². The number of amides is 2. The molecule has 0 unspecified atom stereocenters. The van der Waals surface area contributed by atoms with Crippen LogP contribution in [0, 0.1) is 11.8 Å². The Bertz CT molecular complexity index is 799. The van der Waals surface area contributed by atoms with Gasteiger partial charge in [-0.15, -0.1) is 0 Å². The number of carboxylic acids is 1. The summed E-state index contributed by atoms with van der Waals surface area (Å²) in [5.41, 5.74) is 4.11. The van der Waals surface area contributed by atoms with E-state index < -0.39 is 17.4 Å². The van der Waals surface area contributed by atoms with Gasteiger partial charge in [0.15, 0.2) is 0 Å². The van der Waals surface area contributed by atoms with Crippen molar-refractivity contribution < 1.29 is 19.5 Å². The molecule has 0 aromatic rings. The van der Waals surface area contributed by atoms with Gasteiger partial charge in [0.25, 0.3) is 0 Å². The average molecular weight is 693 g/mol. The average Bonchev–Trinajstić information content (AvgIpc) is 3.03. The van der Waals surface area contributed by atoms with Crippen molar-refractivity contribution in [1.29, 1.82) is 0 Å². The molecule has 0 saturated heterocycles. The fourth-order valence-electron chi connectivity index (χ4n) is 7.41. The molecular formula is C43H84N2O4. The minimum absolute atomic E-state index is 0.0217. The molecule has 0 fully saturated rings. The van der Waals surface area contributed by atoms with Crippen LogP contribution < -0.4 is 5.73 Å². The van der Waals surface area contributed by atoms with Crippen molar-refractivity contribution in [1.82, 2.24) is 4.90 Å². The van der Waals surface area contributed by atoms with Crippen molar-refractivity contribution >= 4 is 17.8 Å². The molecule has 1 atom stereocenters. The summed E-state index contributed by atoms with van der Waals surface area (Å²) in [6.07, 6.45) is 35.3. The van der Waals surface area contributed by atoms with Crippen LogP contribution in [0.3, 0.4) is 0 Å². The highest BCUT2D eigenvalue weighted by Gasteiger charge is 2.44. The SMILES string of the molecule is CC(=O)N(CCCCCCCCCCCCCCCC(C)C)[C@@](CCCCCCCCCCCCCCCC(C)C)(CCC(N)=O)C(=O)O. The van der Waals surface area contributed by atoms with Gasteiger partial charge in [0.05, 0.1) is 0 Å². The first-order chi connectivity index (χ1) is 23.5. The molecule has 290 valence electrons. The summed E-state index contributed by atoms with van der Waals surface area (Å²) < 4.78 is 0. The molecular weight excluding hydrogens is 608 g/mol. The van der Waals surface area contributed by atoms with Crippen molar-refractivity contribution in [2.45, 2.75) is 239 Å². The number of primary amides is 1. The molecule has 0 heterocycles. The first-order valence-electron chi connectivity index (χ1n) is 21.3. The maximum atomic E-state index is 12.9. The van der Waals surface area contributed by atoms with E-state index in [2.05, 4.69) is 27.7 Å². The summed E-state index contributed by atoms with van der Waals surface area (Å²) in [5.74, 6) is -0.0728. The minimum Gasteiger partial charge on any atom is -0.479 e. The largest absolute Gasteiger partial charge is 0.479 e. The summed E-state index contributed by atoms with van der Waals surface area (Å²) in [4.78, 5) is 38.9. The van der Waals surface area contributed by atoms with E-state index in [0.717, 1.165) is 50.4 Å². The maximum Gasteiger partial charge on any atom is 0.329 e. The number of carboxylic acid groups (broad SMARTS) is 1. The molecule has 0 saturated carbocycles. The van der Waals surface area contributed by atoms with Crippen molar-refractivity contribution in [2.75, 3.05) is 6.54 Å². The summed E-state index contributed by atoms with van der Waals surface area (Å²) >= 11 is 0. The Morgan fingerprint density at radius 2 is 0.816 bits per heavy atom. The molecule has 0 aromatic carbocycles. The number of nitrogens with two attached hydrogens (primary N) is 1. The highest BCUT2D eigenvalue weighted by Crippen LogP contribution is 2.31. The van der Waals surface area contributed by atoms with Gasteiger partial charge in [-0.2, -0.15) is 0 Å².